The normalized spacial score (nSPS) is 15.7. The molecule has 4 rings (SSSR count). The molecule has 0 fully saturated rings. The summed E-state index contributed by atoms with van der Waals surface area (Å²) in [5, 5.41) is 2.48. The number of methoxy groups -OCH3 is 2. The molecule has 0 bridgehead atoms. The average Bonchev–Trinajstić information content (AvgIpc) is 3.37. The molecule has 192 valence electrons. The minimum absolute atomic E-state index is 0.0996. The van der Waals surface area contributed by atoms with Crippen LogP contribution in [0.25, 0.3) is 0 Å². The van der Waals surface area contributed by atoms with Crippen LogP contribution in [0.3, 0.4) is 0 Å². The number of nitrogens with zero attached hydrogens (tertiary/aromatic N) is 2. The van der Waals surface area contributed by atoms with E-state index >= 15 is 0 Å². The maximum Gasteiger partial charge on any atom is 0.243 e. The number of ether oxygens (including phenoxy) is 2. The van der Waals surface area contributed by atoms with Gasteiger partial charge in [-0.15, -0.1) is 11.3 Å². The summed E-state index contributed by atoms with van der Waals surface area (Å²) in [4.78, 5) is 16.9. The van der Waals surface area contributed by atoms with E-state index in [2.05, 4.69) is 6.07 Å². The minimum Gasteiger partial charge on any atom is -0.497 e. The first-order valence-corrected chi connectivity index (χ1v) is 14.3. The molecule has 1 unspecified atom stereocenters. The Kier molecular flexibility index (Phi) is 8.69. The van der Waals surface area contributed by atoms with Gasteiger partial charge in [0.25, 0.3) is 0 Å². The second-order valence-electron chi connectivity index (χ2n) is 8.45. The molecule has 7 nitrogen and oxygen atoms in total. The number of carbonyl (C=O) groups is 1. The predicted octanol–water partition coefficient (Wildman–Crippen LogP) is 4.61. The lowest BCUT2D eigenvalue weighted by atomic mass is 9.93. The van der Waals surface area contributed by atoms with Gasteiger partial charge in [0.1, 0.15) is 5.75 Å². The molecule has 2 aromatic carbocycles. The van der Waals surface area contributed by atoms with Gasteiger partial charge in [0.2, 0.25) is 15.9 Å². The first-order valence-electron chi connectivity index (χ1n) is 11.6. The predicted molar refractivity (Wildman–Crippen MR) is 141 cm³/mol. The number of amides is 1. The molecule has 10 heteroatoms. The van der Waals surface area contributed by atoms with E-state index in [0.717, 1.165) is 23.3 Å². The SMILES string of the molecule is COCCCN(CC(=O)N1CCc2sccc2C1c1ccc(OC)cc1)S(=O)(=O)c1ccc(Cl)cc1. The van der Waals surface area contributed by atoms with Crippen molar-refractivity contribution in [2.45, 2.75) is 23.8 Å². The molecule has 3 aromatic rings. The van der Waals surface area contributed by atoms with Crippen LogP contribution in [-0.2, 0) is 26.0 Å². The molecule has 0 saturated carbocycles. The number of rotatable bonds is 10. The monoisotopic (exact) mass is 548 g/mol. The Morgan fingerprint density at radius 1 is 1.11 bits per heavy atom. The third kappa shape index (κ3) is 5.76. The first kappa shape index (κ1) is 26.6. The number of sulfonamides is 1. The lowest BCUT2D eigenvalue weighted by Gasteiger charge is -2.37. The van der Waals surface area contributed by atoms with E-state index in [4.69, 9.17) is 21.1 Å². The van der Waals surface area contributed by atoms with Crippen LogP contribution in [0.4, 0.5) is 0 Å². The van der Waals surface area contributed by atoms with Crippen molar-refractivity contribution in [2.24, 2.45) is 0 Å². The molecule has 0 aliphatic carbocycles. The number of benzene rings is 2. The van der Waals surface area contributed by atoms with Crippen molar-refractivity contribution in [1.82, 2.24) is 9.21 Å². The van der Waals surface area contributed by atoms with Gasteiger partial charge >= 0.3 is 0 Å². The Morgan fingerprint density at radius 2 is 1.83 bits per heavy atom. The Hall–Kier alpha value is -2.43. The molecule has 2 heterocycles. The third-order valence-electron chi connectivity index (χ3n) is 6.24. The molecule has 0 N–H and O–H groups in total. The van der Waals surface area contributed by atoms with Crippen LogP contribution in [0, 0.1) is 0 Å². The lowest BCUT2D eigenvalue weighted by Crippen LogP contribution is -2.47. The lowest BCUT2D eigenvalue weighted by molar-refractivity contribution is -0.133. The van der Waals surface area contributed by atoms with Gasteiger partial charge in [0, 0.05) is 36.7 Å². The second kappa shape index (κ2) is 11.7. The van der Waals surface area contributed by atoms with Gasteiger partial charge in [0.15, 0.2) is 0 Å². The van der Waals surface area contributed by atoms with Crippen LogP contribution in [0.2, 0.25) is 5.02 Å². The molecule has 0 radical (unpaired) electrons. The maximum atomic E-state index is 13.8. The van der Waals surface area contributed by atoms with Gasteiger partial charge in [-0.2, -0.15) is 4.31 Å². The molecule has 36 heavy (non-hydrogen) atoms. The molecular formula is C26H29ClN2O5S2. The smallest absolute Gasteiger partial charge is 0.243 e. The Labute approximate surface area is 221 Å². The molecular weight excluding hydrogens is 520 g/mol. The van der Waals surface area contributed by atoms with Gasteiger partial charge in [-0.25, -0.2) is 8.42 Å². The Morgan fingerprint density at radius 3 is 2.50 bits per heavy atom. The van der Waals surface area contributed by atoms with Crippen LogP contribution in [0.5, 0.6) is 5.75 Å². The minimum atomic E-state index is -3.92. The van der Waals surface area contributed by atoms with Crippen molar-refractivity contribution < 1.29 is 22.7 Å². The fourth-order valence-corrected chi connectivity index (χ4v) is 6.86. The summed E-state index contributed by atoms with van der Waals surface area (Å²) in [5.74, 6) is 0.485. The second-order valence-corrected chi connectivity index (χ2v) is 11.8. The number of halogens is 1. The third-order valence-corrected chi connectivity index (χ3v) is 9.34. The molecule has 1 aliphatic rings. The largest absolute Gasteiger partial charge is 0.497 e. The van der Waals surface area contributed by atoms with Crippen molar-refractivity contribution in [3.05, 3.63) is 81.0 Å². The van der Waals surface area contributed by atoms with Gasteiger partial charge in [-0.05, 0) is 71.8 Å². The summed E-state index contributed by atoms with van der Waals surface area (Å²) >= 11 is 7.64. The van der Waals surface area contributed by atoms with Gasteiger partial charge < -0.3 is 14.4 Å². The van der Waals surface area contributed by atoms with Crippen LogP contribution in [0.1, 0.15) is 28.5 Å². The molecule has 0 saturated heterocycles. The van der Waals surface area contributed by atoms with Crippen molar-refractivity contribution in [3.63, 3.8) is 0 Å². The van der Waals surface area contributed by atoms with E-state index in [-0.39, 0.29) is 29.9 Å². The number of hydrogen-bond donors (Lipinski definition) is 0. The summed E-state index contributed by atoms with van der Waals surface area (Å²) in [6, 6.07) is 15.4. The topological polar surface area (TPSA) is 76.2 Å². The van der Waals surface area contributed by atoms with Crippen LogP contribution >= 0.6 is 22.9 Å². The van der Waals surface area contributed by atoms with E-state index in [1.807, 2.05) is 29.6 Å². The quantitative estimate of drug-likeness (QED) is 0.346. The average molecular weight is 549 g/mol. The summed E-state index contributed by atoms with van der Waals surface area (Å²) in [5.41, 5.74) is 2.03. The number of carbonyl (C=O) groups excluding carboxylic acids is 1. The van der Waals surface area contributed by atoms with Gasteiger partial charge in [0.05, 0.1) is 24.6 Å². The maximum absolute atomic E-state index is 13.8. The van der Waals surface area contributed by atoms with Crippen LogP contribution in [-0.4, -0.2) is 64.0 Å². The summed E-state index contributed by atoms with van der Waals surface area (Å²) in [7, 11) is -0.739. The number of hydrogen-bond acceptors (Lipinski definition) is 6. The van der Waals surface area contributed by atoms with Crippen LogP contribution in [0.15, 0.2) is 64.9 Å². The number of thiophene rings is 1. The Balaban J connectivity index is 1.64. The molecule has 1 atom stereocenters. The van der Waals surface area contributed by atoms with E-state index in [0.29, 0.717) is 24.6 Å². The highest BCUT2D eigenvalue weighted by Gasteiger charge is 2.35. The van der Waals surface area contributed by atoms with Crippen molar-refractivity contribution in [1.29, 1.82) is 0 Å². The number of fused-ring (bicyclic) bond motifs is 1. The molecule has 1 aromatic heterocycles. The summed E-state index contributed by atoms with van der Waals surface area (Å²) in [6.07, 6.45) is 1.20. The highest BCUT2D eigenvalue weighted by molar-refractivity contribution is 7.89. The zero-order valence-electron chi connectivity index (χ0n) is 20.2. The van der Waals surface area contributed by atoms with Crippen LogP contribution < -0.4 is 4.74 Å². The molecule has 1 amide bonds. The highest BCUT2D eigenvalue weighted by atomic mass is 35.5. The zero-order valence-corrected chi connectivity index (χ0v) is 22.6. The van der Waals surface area contributed by atoms with Crippen molar-refractivity contribution in [2.75, 3.05) is 40.5 Å². The molecule has 0 spiro atoms. The Bertz CT molecular complexity index is 1280. The fraction of sp³-hybridized carbons (Fsp3) is 0.346. The first-order chi connectivity index (χ1) is 17.3. The van der Waals surface area contributed by atoms with Gasteiger partial charge in [-0.1, -0.05) is 23.7 Å². The van der Waals surface area contributed by atoms with E-state index in [9.17, 15) is 13.2 Å². The zero-order chi connectivity index (χ0) is 25.7. The van der Waals surface area contributed by atoms with Crippen molar-refractivity contribution >= 4 is 38.9 Å². The van der Waals surface area contributed by atoms with E-state index < -0.39 is 10.0 Å². The summed E-state index contributed by atoms with van der Waals surface area (Å²) < 4.78 is 38.7. The summed E-state index contributed by atoms with van der Waals surface area (Å²) in [6.45, 7) is 0.795. The van der Waals surface area contributed by atoms with Gasteiger partial charge in [-0.3, -0.25) is 4.79 Å². The standard InChI is InChI=1S/C26H29ClN2O5S2/c1-33-16-3-14-28(36(31,32)22-10-6-20(27)7-11-22)18-25(30)29-15-12-24-23(13-17-35-24)26(29)19-4-8-21(34-2)9-5-19/h4-11,13,17,26H,3,12,14-16,18H2,1-2H3. The van der Waals surface area contributed by atoms with E-state index in [1.165, 1.54) is 33.4 Å². The molecule has 1 aliphatic heterocycles. The van der Waals surface area contributed by atoms with E-state index in [1.54, 1.807) is 30.5 Å². The highest BCUT2D eigenvalue weighted by Crippen LogP contribution is 2.38. The fourth-order valence-electron chi connectivity index (χ4n) is 4.40. The van der Waals surface area contributed by atoms with Crippen molar-refractivity contribution in [3.8, 4) is 5.75 Å².